The van der Waals surface area contributed by atoms with Crippen LogP contribution in [0.15, 0.2) is 5.16 Å². The van der Waals surface area contributed by atoms with E-state index in [1.807, 2.05) is 0 Å². The topological polar surface area (TPSA) is 35.8 Å². The third-order valence-corrected chi connectivity index (χ3v) is 3.26. The Morgan fingerprint density at radius 1 is 1.15 bits per heavy atom. The monoisotopic (exact) mass is 182 g/mol. The van der Waals surface area contributed by atoms with Crippen molar-refractivity contribution in [2.45, 2.75) is 51.0 Å². The van der Waals surface area contributed by atoms with Gasteiger partial charge in [0, 0.05) is 19.0 Å². The molecule has 0 aromatic heterocycles. The summed E-state index contributed by atoms with van der Waals surface area (Å²) in [4.78, 5) is 2.32. The van der Waals surface area contributed by atoms with E-state index in [-0.39, 0.29) is 0 Å². The summed E-state index contributed by atoms with van der Waals surface area (Å²) >= 11 is 0. The summed E-state index contributed by atoms with van der Waals surface area (Å²) in [6.45, 7) is 1.10. The van der Waals surface area contributed by atoms with E-state index in [9.17, 15) is 0 Å². The van der Waals surface area contributed by atoms with E-state index in [1.165, 1.54) is 32.1 Å². The second-order valence-electron chi connectivity index (χ2n) is 4.11. The van der Waals surface area contributed by atoms with Crippen LogP contribution >= 0.6 is 0 Å². The molecule has 0 spiro atoms. The zero-order valence-electron chi connectivity index (χ0n) is 8.08. The largest absolute Gasteiger partial charge is 0.409 e. The minimum atomic E-state index is 0.669. The van der Waals surface area contributed by atoms with E-state index in [1.54, 1.807) is 0 Å². The Morgan fingerprint density at radius 2 is 1.92 bits per heavy atom. The average Bonchev–Trinajstić information content (AvgIpc) is 2.67. The molecule has 1 aliphatic heterocycles. The van der Waals surface area contributed by atoms with Crippen LogP contribution in [0.4, 0.5) is 0 Å². The van der Waals surface area contributed by atoms with Crippen LogP contribution < -0.4 is 0 Å². The zero-order chi connectivity index (χ0) is 9.10. The molecule has 1 N–H and O–H groups in total. The van der Waals surface area contributed by atoms with Gasteiger partial charge in [-0.3, -0.25) is 0 Å². The summed E-state index contributed by atoms with van der Waals surface area (Å²) in [6.07, 6.45) is 8.79. The molecule has 1 aliphatic carbocycles. The van der Waals surface area contributed by atoms with Crippen LogP contribution in [0.2, 0.25) is 0 Å². The highest BCUT2D eigenvalue weighted by atomic mass is 16.4. The van der Waals surface area contributed by atoms with Gasteiger partial charge in [0.2, 0.25) is 0 Å². The van der Waals surface area contributed by atoms with Gasteiger partial charge >= 0.3 is 0 Å². The third kappa shape index (κ3) is 1.79. The van der Waals surface area contributed by atoms with Gasteiger partial charge in [-0.15, -0.1) is 0 Å². The Hall–Kier alpha value is -0.730. The first-order valence-electron chi connectivity index (χ1n) is 5.39. The van der Waals surface area contributed by atoms with Crippen LogP contribution in [0.25, 0.3) is 0 Å². The molecule has 0 bridgehead atoms. The number of likely N-dealkylation sites (tertiary alicyclic amines) is 1. The first-order valence-corrected chi connectivity index (χ1v) is 5.39. The van der Waals surface area contributed by atoms with Crippen molar-refractivity contribution >= 4 is 5.84 Å². The molecule has 13 heavy (non-hydrogen) atoms. The van der Waals surface area contributed by atoms with Crippen molar-refractivity contribution in [2.75, 3.05) is 6.54 Å². The summed E-state index contributed by atoms with van der Waals surface area (Å²) in [5.41, 5.74) is 0. The highest BCUT2D eigenvalue weighted by Crippen LogP contribution is 2.26. The van der Waals surface area contributed by atoms with Gasteiger partial charge in [0.15, 0.2) is 0 Å². The van der Waals surface area contributed by atoms with Crippen LogP contribution in [-0.2, 0) is 0 Å². The fourth-order valence-electron chi connectivity index (χ4n) is 2.57. The van der Waals surface area contributed by atoms with E-state index in [4.69, 9.17) is 5.21 Å². The fraction of sp³-hybridized carbons (Fsp3) is 0.900. The Kier molecular flexibility index (Phi) is 2.71. The molecule has 2 fully saturated rings. The number of rotatable bonds is 1. The normalized spacial score (nSPS) is 28.6. The minimum absolute atomic E-state index is 0.669. The maximum absolute atomic E-state index is 8.81. The molecule has 0 radical (unpaired) electrons. The second-order valence-corrected chi connectivity index (χ2v) is 4.11. The Morgan fingerprint density at radius 3 is 2.62 bits per heavy atom. The molecule has 1 saturated heterocycles. The number of hydrogen-bond donors (Lipinski definition) is 1. The Bertz CT molecular complexity index is 197. The summed E-state index contributed by atoms with van der Waals surface area (Å²) in [5, 5.41) is 12.2. The van der Waals surface area contributed by atoms with Crippen molar-refractivity contribution in [1.82, 2.24) is 4.90 Å². The van der Waals surface area contributed by atoms with Crippen molar-refractivity contribution in [2.24, 2.45) is 5.16 Å². The number of hydrogen-bond acceptors (Lipinski definition) is 2. The smallest absolute Gasteiger partial charge is 0.144 e. The summed E-state index contributed by atoms with van der Waals surface area (Å²) in [5.74, 6) is 0.923. The lowest BCUT2D eigenvalue weighted by Gasteiger charge is -2.32. The molecule has 74 valence electrons. The predicted molar refractivity (Wildman–Crippen MR) is 52.0 cm³/mol. The molecule has 2 aliphatic rings. The summed E-state index contributed by atoms with van der Waals surface area (Å²) in [7, 11) is 0. The molecule has 1 heterocycles. The molecule has 3 nitrogen and oxygen atoms in total. The molecule has 3 heteroatoms. The SMILES string of the molecule is O/N=C1\CCCN1C1CCCCC1. The fourth-order valence-corrected chi connectivity index (χ4v) is 2.57. The first kappa shape index (κ1) is 8.85. The summed E-state index contributed by atoms with van der Waals surface area (Å²) < 4.78 is 0. The van der Waals surface area contributed by atoms with Crippen LogP contribution in [-0.4, -0.2) is 28.5 Å². The molecule has 0 aromatic rings. The van der Waals surface area contributed by atoms with Gasteiger partial charge < -0.3 is 10.1 Å². The van der Waals surface area contributed by atoms with E-state index in [2.05, 4.69) is 10.1 Å². The van der Waals surface area contributed by atoms with Crippen molar-refractivity contribution < 1.29 is 5.21 Å². The maximum atomic E-state index is 8.81. The van der Waals surface area contributed by atoms with E-state index < -0.39 is 0 Å². The van der Waals surface area contributed by atoms with Gasteiger partial charge in [-0.05, 0) is 19.3 Å². The third-order valence-electron chi connectivity index (χ3n) is 3.26. The molecular weight excluding hydrogens is 164 g/mol. The molecular formula is C10H18N2O. The number of oxime groups is 1. The van der Waals surface area contributed by atoms with Gasteiger partial charge in [0.1, 0.15) is 5.84 Å². The van der Waals surface area contributed by atoms with E-state index >= 15 is 0 Å². The van der Waals surface area contributed by atoms with Crippen molar-refractivity contribution in [3.8, 4) is 0 Å². The Labute approximate surface area is 79.4 Å². The van der Waals surface area contributed by atoms with Gasteiger partial charge in [-0.25, -0.2) is 0 Å². The lowest BCUT2D eigenvalue weighted by atomic mass is 9.94. The zero-order valence-corrected chi connectivity index (χ0v) is 8.08. The van der Waals surface area contributed by atoms with Crippen LogP contribution in [0.3, 0.4) is 0 Å². The van der Waals surface area contributed by atoms with Gasteiger partial charge in [0.25, 0.3) is 0 Å². The molecule has 0 aromatic carbocycles. The van der Waals surface area contributed by atoms with Crippen molar-refractivity contribution in [3.63, 3.8) is 0 Å². The van der Waals surface area contributed by atoms with Crippen molar-refractivity contribution in [1.29, 1.82) is 0 Å². The number of amidine groups is 1. The molecule has 1 saturated carbocycles. The lowest BCUT2D eigenvalue weighted by molar-refractivity contribution is 0.242. The van der Waals surface area contributed by atoms with Gasteiger partial charge in [0.05, 0.1) is 0 Å². The molecule has 0 atom stereocenters. The molecule has 0 unspecified atom stereocenters. The highest BCUT2D eigenvalue weighted by Gasteiger charge is 2.27. The average molecular weight is 182 g/mol. The second kappa shape index (κ2) is 3.99. The van der Waals surface area contributed by atoms with Crippen molar-refractivity contribution in [3.05, 3.63) is 0 Å². The number of nitrogens with zero attached hydrogens (tertiary/aromatic N) is 2. The standard InChI is InChI=1S/C10H18N2O/c13-11-10-7-4-8-12(10)9-5-2-1-3-6-9/h9,13H,1-8H2/b11-10+. The van der Waals surface area contributed by atoms with Crippen LogP contribution in [0, 0.1) is 0 Å². The molecule has 2 rings (SSSR count). The summed E-state index contributed by atoms with van der Waals surface area (Å²) in [6, 6.07) is 0.669. The molecule has 0 amide bonds. The lowest BCUT2D eigenvalue weighted by Crippen LogP contribution is -2.37. The van der Waals surface area contributed by atoms with Gasteiger partial charge in [-0.2, -0.15) is 0 Å². The minimum Gasteiger partial charge on any atom is -0.409 e. The predicted octanol–water partition coefficient (Wildman–Crippen LogP) is 2.20. The van der Waals surface area contributed by atoms with E-state index in [0.717, 1.165) is 25.2 Å². The maximum Gasteiger partial charge on any atom is 0.144 e. The van der Waals surface area contributed by atoms with Crippen LogP contribution in [0.5, 0.6) is 0 Å². The van der Waals surface area contributed by atoms with Crippen LogP contribution in [0.1, 0.15) is 44.9 Å². The highest BCUT2D eigenvalue weighted by molar-refractivity contribution is 5.83. The van der Waals surface area contributed by atoms with E-state index in [0.29, 0.717) is 6.04 Å². The quantitative estimate of drug-likeness (QED) is 0.498. The Balaban J connectivity index is 1.98. The van der Waals surface area contributed by atoms with Gasteiger partial charge in [-0.1, -0.05) is 24.4 Å². The first-order chi connectivity index (χ1) is 6.42.